The maximum atomic E-state index is 13.8. The molecule has 1 aliphatic heterocycles. The monoisotopic (exact) mass is 370 g/mol. The van der Waals surface area contributed by atoms with Gasteiger partial charge in [-0.2, -0.15) is 4.72 Å². The number of nitrogens with zero attached hydrogens (tertiary/aromatic N) is 1. The Kier molecular flexibility index (Phi) is 4.53. The van der Waals surface area contributed by atoms with Crippen LogP contribution in [0.15, 0.2) is 47.4 Å². The minimum Gasteiger partial charge on any atom is -0.308 e. The van der Waals surface area contributed by atoms with Gasteiger partial charge < -0.3 is 4.90 Å². The third-order valence-electron chi connectivity index (χ3n) is 3.83. The standard InChI is InChI=1S/C16H13F3N2O3S/c17-10-4-1-2-7-14(10)21-9-8-13(16(21)22)20-25(23,24)15-11(18)5-3-6-12(15)19/h1-7,13,20H,8-9H2/t13-/m1/s1. The highest BCUT2D eigenvalue weighted by Crippen LogP contribution is 2.26. The molecule has 5 nitrogen and oxygen atoms in total. The van der Waals surface area contributed by atoms with E-state index in [0.29, 0.717) is 0 Å². The number of hydrogen-bond acceptors (Lipinski definition) is 3. The molecule has 2 aromatic carbocycles. The average molecular weight is 370 g/mol. The van der Waals surface area contributed by atoms with Crippen molar-refractivity contribution in [2.45, 2.75) is 17.4 Å². The number of rotatable bonds is 4. The van der Waals surface area contributed by atoms with Crippen molar-refractivity contribution in [2.24, 2.45) is 0 Å². The molecule has 1 fully saturated rings. The highest BCUT2D eigenvalue weighted by atomic mass is 32.2. The molecular weight excluding hydrogens is 357 g/mol. The van der Waals surface area contributed by atoms with Gasteiger partial charge in [0.2, 0.25) is 15.9 Å². The van der Waals surface area contributed by atoms with Crippen molar-refractivity contribution in [2.75, 3.05) is 11.4 Å². The summed E-state index contributed by atoms with van der Waals surface area (Å²) in [5.41, 5.74) is 0.0197. The van der Waals surface area contributed by atoms with Gasteiger partial charge in [-0.05, 0) is 30.7 Å². The predicted molar refractivity (Wildman–Crippen MR) is 83.8 cm³/mol. The minimum absolute atomic E-state index is 0.0197. The molecule has 0 bridgehead atoms. The summed E-state index contributed by atoms with van der Waals surface area (Å²) in [5.74, 6) is -3.84. The van der Waals surface area contributed by atoms with Crippen molar-refractivity contribution in [3.8, 4) is 0 Å². The van der Waals surface area contributed by atoms with Crippen LogP contribution in [0.1, 0.15) is 6.42 Å². The number of nitrogens with one attached hydrogen (secondary N) is 1. The molecule has 0 saturated carbocycles. The van der Waals surface area contributed by atoms with E-state index < -0.39 is 44.3 Å². The summed E-state index contributed by atoms with van der Waals surface area (Å²) in [4.78, 5) is 12.3. The maximum Gasteiger partial charge on any atom is 0.247 e. The Morgan fingerprint density at radius 2 is 1.56 bits per heavy atom. The third kappa shape index (κ3) is 3.24. The first-order valence-corrected chi connectivity index (χ1v) is 8.82. The fourth-order valence-corrected chi connectivity index (χ4v) is 4.05. The normalized spacial score (nSPS) is 18.0. The molecule has 1 heterocycles. The number of carbonyl (C=O) groups is 1. The van der Waals surface area contributed by atoms with Gasteiger partial charge in [0, 0.05) is 6.54 Å². The molecule has 3 rings (SSSR count). The average Bonchev–Trinajstić information content (AvgIpc) is 2.88. The van der Waals surface area contributed by atoms with Crippen LogP contribution in [0.2, 0.25) is 0 Å². The molecular formula is C16H13F3N2O3S. The van der Waals surface area contributed by atoms with Crippen molar-refractivity contribution in [1.82, 2.24) is 4.72 Å². The molecule has 0 unspecified atom stereocenters. The van der Waals surface area contributed by atoms with Crippen LogP contribution in [-0.2, 0) is 14.8 Å². The fraction of sp³-hybridized carbons (Fsp3) is 0.188. The van der Waals surface area contributed by atoms with E-state index in [1.807, 2.05) is 4.72 Å². The van der Waals surface area contributed by atoms with Crippen LogP contribution in [-0.4, -0.2) is 26.9 Å². The molecule has 132 valence electrons. The number of anilines is 1. The first-order chi connectivity index (χ1) is 11.8. The number of benzene rings is 2. The molecule has 9 heteroatoms. The highest BCUT2D eigenvalue weighted by molar-refractivity contribution is 7.89. The van der Waals surface area contributed by atoms with E-state index in [-0.39, 0.29) is 18.7 Å². The minimum atomic E-state index is -4.59. The summed E-state index contributed by atoms with van der Waals surface area (Å²) < 4.78 is 67.7. The van der Waals surface area contributed by atoms with Crippen molar-refractivity contribution >= 4 is 21.6 Å². The van der Waals surface area contributed by atoms with E-state index in [1.165, 1.54) is 24.3 Å². The van der Waals surface area contributed by atoms with E-state index >= 15 is 0 Å². The molecule has 1 saturated heterocycles. The topological polar surface area (TPSA) is 66.5 Å². The summed E-state index contributed by atoms with van der Waals surface area (Å²) in [6.07, 6.45) is 0.0441. The summed E-state index contributed by atoms with van der Waals surface area (Å²) >= 11 is 0. The summed E-state index contributed by atoms with van der Waals surface area (Å²) in [6, 6.07) is 6.97. The number of para-hydroxylation sites is 1. The van der Waals surface area contributed by atoms with Gasteiger partial charge in [-0.3, -0.25) is 4.79 Å². The molecule has 25 heavy (non-hydrogen) atoms. The van der Waals surface area contributed by atoms with Crippen LogP contribution in [0.4, 0.5) is 18.9 Å². The Bertz CT molecular complexity index is 914. The summed E-state index contributed by atoms with van der Waals surface area (Å²) in [6.45, 7) is 0.0761. The first-order valence-electron chi connectivity index (χ1n) is 7.33. The van der Waals surface area contributed by atoms with Crippen molar-refractivity contribution < 1.29 is 26.4 Å². The summed E-state index contributed by atoms with van der Waals surface area (Å²) in [5, 5.41) is 0. The number of hydrogen-bond donors (Lipinski definition) is 1. The zero-order valence-electron chi connectivity index (χ0n) is 12.7. The highest BCUT2D eigenvalue weighted by Gasteiger charge is 2.37. The van der Waals surface area contributed by atoms with Gasteiger partial charge in [0.05, 0.1) is 5.69 Å². The van der Waals surface area contributed by atoms with Crippen LogP contribution in [0, 0.1) is 17.5 Å². The molecule has 0 spiro atoms. The quantitative estimate of drug-likeness (QED) is 0.897. The van der Waals surface area contributed by atoms with Crippen molar-refractivity contribution in [1.29, 1.82) is 0 Å². The fourth-order valence-electron chi connectivity index (χ4n) is 2.68. The second kappa shape index (κ2) is 6.49. The van der Waals surface area contributed by atoms with Crippen LogP contribution in [0.3, 0.4) is 0 Å². The van der Waals surface area contributed by atoms with E-state index in [1.54, 1.807) is 0 Å². The van der Waals surface area contributed by atoms with Gasteiger partial charge in [0.25, 0.3) is 0 Å². The van der Waals surface area contributed by atoms with Crippen molar-refractivity contribution in [3.05, 3.63) is 59.9 Å². The zero-order valence-corrected chi connectivity index (χ0v) is 13.6. The van der Waals surface area contributed by atoms with Crippen LogP contribution in [0.5, 0.6) is 0 Å². The molecule has 1 aliphatic rings. The number of amides is 1. The molecule has 1 amide bonds. The lowest BCUT2D eigenvalue weighted by Crippen LogP contribution is -2.42. The Morgan fingerprint density at radius 1 is 0.960 bits per heavy atom. The second-order valence-electron chi connectivity index (χ2n) is 5.45. The molecule has 0 radical (unpaired) electrons. The lowest BCUT2D eigenvalue weighted by Gasteiger charge is -2.18. The third-order valence-corrected chi connectivity index (χ3v) is 5.36. The van der Waals surface area contributed by atoms with Crippen LogP contribution < -0.4 is 9.62 Å². The molecule has 1 atom stereocenters. The van der Waals surface area contributed by atoms with Crippen LogP contribution >= 0.6 is 0 Å². The zero-order chi connectivity index (χ0) is 18.2. The Morgan fingerprint density at radius 3 is 2.20 bits per heavy atom. The smallest absolute Gasteiger partial charge is 0.247 e. The Labute approximate surface area is 142 Å². The van der Waals surface area contributed by atoms with Gasteiger partial charge in [0.1, 0.15) is 23.5 Å². The molecule has 1 N–H and O–H groups in total. The Balaban J connectivity index is 1.85. The summed E-state index contributed by atoms with van der Waals surface area (Å²) in [7, 11) is -4.59. The van der Waals surface area contributed by atoms with E-state index in [9.17, 15) is 26.4 Å². The van der Waals surface area contributed by atoms with Crippen molar-refractivity contribution in [3.63, 3.8) is 0 Å². The second-order valence-corrected chi connectivity index (χ2v) is 7.11. The SMILES string of the molecule is O=C1[C@H](NS(=O)(=O)c2c(F)cccc2F)CCN1c1ccccc1F. The largest absolute Gasteiger partial charge is 0.308 e. The lowest BCUT2D eigenvalue weighted by atomic mass is 10.2. The van der Waals surface area contributed by atoms with Crippen LogP contribution in [0.25, 0.3) is 0 Å². The lowest BCUT2D eigenvalue weighted by molar-refractivity contribution is -0.118. The number of carbonyl (C=O) groups excluding carboxylic acids is 1. The van der Waals surface area contributed by atoms with Gasteiger partial charge >= 0.3 is 0 Å². The van der Waals surface area contributed by atoms with E-state index in [0.717, 1.165) is 23.1 Å². The van der Waals surface area contributed by atoms with E-state index in [2.05, 4.69) is 0 Å². The number of sulfonamides is 1. The molecule has 0 aliphatic carbocycles. The molecule has 2 aromatic rings. The first kappa shape index (κ1) is 17.4. The maximum absolute atomic E-state index is 13.8. The predicted octanol–water partition coefficient (Wildman–Crippen LogP) is 2.19. The van der Waals surface area contributed by atoms with Gasteiger partial charge in [0.15, 0.2) is 4.90 Å². The number of halogens is 3. The Hall–Kier alpha value is -2.39. The molecule has 0 aromatic heterocycles. The van der Waals surface area contributed by atoms with Gasteiger partial charge in [-0.15, -0.1) is 0 Å². The van der Waals surface area contributed by atoms with Gasteiger partial charge in [-0.1, -0.05) is 18.2 Å². The van der Waals surface area contributed by atoms with E-state index in [4.69, 9.17) is 0 Å². The van der Waals surface area contributed by atoms with Gasteiger partial charge in [-0.25, -0.2) is 21.6 Å².